The normalized spacial score (nSPS) is 10.5. The minimum Gasteiger partial charge on any atom is -0.496 e. The van der Waals surface area contributed by atoms with E-state index >= 15 is 0 Å². The maximum absolute atomic E-state index is 12.1. The molecule has 1 heterocycles. The molecule has 0 saturated carbocycles. The fourth-order valence-corrected chi connectivity index (χ4v) is 2.30. The summed E-state index contributed by atoms with van der Waals surface area (Å²) >= 11 is 0. The van der Waals surface area contributed by atoms with Gasteiger partial charge >= 0.3 is 0 Å². The van der Waals surface area contributed by atoms with Crippen LogP contribution in [0.25, 0.3) is 10.9 Å². The molecule has 0 spiro atoms. The second kappa shape index (κ2) is 5.18. The van der Waals surface area contributed by atoms with Crippen LogP contribution in [0.5, 0.6) is 11.5 Å². The van der Waals surface area contributed by atoms with E-state index in [0.717, 1.165) is 16.7 Å². The van der Waals surface area contributed by atoms with Crippen molar-refractivity contribution in [3.63, 3.8) is 0 Å². The third-order valence-electron chi connectivity index (χ3n) is 3.26. The topological polar surface area (TPSA) is 51.3 Å². The quantitative estimate of drug-likeness (QED) is 0.859. The molecule has 2 rings (SSSR count). The minimum atomic E-state index is -0.114. The number of rotatable bonds is 4. The van der Waals surface area contributed by atoms with Gasteiger partial charge in [-0.2, -0.15) is 0 Å². The highest BCUT2D eigenvalue weighted by Crippen LogP contribution is 2.33. The highest BCUT2D eigenvalue weighted by Gasteiger charge is 2.15. The zero-order valence-corrected chi connectivity index (χ0v) is 11.4. The van der Waals surface area contributed by atoms with Crippen LogP contribution in [0.3, 0.4) is 0 Å². The molecule has 1 aromatic carbocycles. The van der Waals surface area contributed by atoms with Crippen molar-refractivity contribution in [3.8, 4) is 11.5 Å². The number of hydrogen-bond acceptors (Lipinski definition) is 3. The number of fused-ring (bicyclic) bond motifs is 1. The standard InChI is InChI=1S/C15H17NO3/c1-5-6-10-9(2)13-11(18-3)7-8-12(19-4)14(13)16-15(10)17/h5,7-8H,1,6H2,2-4H3,(H,16,17). The van der Waals surface area contributed by atoms with E-state index in [-0.39, 0.29) is 5.56 Å². The molecule has 0 amide bonds. The lowest BCUT2D eigenvalue weighted by atomic mass is 10.0. The fourth-order valence-electron chi connectivity index (χ4n) is 2.30. The third-order valence-corrected chi connectivity index (χ3v) is 3.26. The lowest BCUT2D eigenvalue weighted by molar-refractivity contribution is 0.409. The van der Waals surface area contributed by atoms with Crippen LogP contribution in [-0.2, 0) is 6.42 Å². The van der Waals surface area contributed by atoms with Gasteiger partial charge in [-0.15, -0.1) is 6.58 Å². The van der Waals surface area contributed by atoms with Crippen LogP contribution in [0.2, 0.25) is 0 Å². The third kappa shape index (κ3) is 2.10. The van der Waals surface area contributed by atoms with E-state index in [9.17, 15) is 4.79 Å². The summed E-state index contributed by atoms with van der Waals surface area (Å²) in [5.41, 5.74) is 2.15. The van der Waals surface area contributed by atoms with Crippen LogP contribution in [-0.4, -0.2) is 19.2 Å². The Hall–Kier alpha value is -2.23. The molecule has 0 aliphatic rings. The van der Waals surface area contributed by atoms with Crippen molar-refractivity contribution in [2.75, 3.05) is 14.2 Å². The molecule has 0 radical (unpaired) electrons. The molecule has 0 unspecified atom stereocenters. The lowest BCUT2D eigenvalue weighted by Crippen LogP contribution is -2.15. The van der Waals surface area contributed by atoms with Crippen LogP contribution in [0.15, 0.2) is 29.6 Å². The number of methoxy groups -OCH3 is 2. The maximum Gasteiger partial charge on any atom is 0.252 e. The lowest BCUT2D eigenvalue weighted by Gasteiger charge is -2.13. The van der Waals surface area contributed by atoms with E-state index in [2.05, 4.69) is 11.6 Å². The van der Waals surface area contributed by atoms with Crippen LogP contribution in [0.4, 0.5) is 0 Å². The Morgan fingerprint density at radius 3 is 2.47 bits per heavy atom. The zero-order valence-electron chi connectivity index (χ0n) is 11.4. The van der Waals surface area contributed by atoms with Gasteiger partial charge in [0, 0.05) is 10.9 Å². The Bertz CT molecular complexity index is 686. The molecule has 0 aliphatic carbocycles. The van der Waals surface area contributed by atoms with E-state index in [0.29, 0.717) is 23.3 Å². The number of pyridine rings is 1. The number of hydrogen-bond donors (Lipinski definition) is 1. The first-order valence-electron chi connectivity index (χ1n) is 6.01. The van der Waals surface area contributed by atoms with Crippen molar-refractivity contribution in [1.29, 1.82) is 0 Å². The van der Waals surface area contributed by atoms with Crippen LogP contribution < -0.4 is 15.0 Å². The number of nitrogens with one attached hydrogen (secondary N) is 1. The molecule has 0 atom stereocenters. The van der Waals surface area contributed by atoms with Gasteiger partial charge < -0.3 is 14.5 Å². The number of ether oxygens (including phenoxy) is 2. The maximum atomic E-state index is 12.1. The van der Waals surface area contributed by atoms with Crippen LogP contribution in [0, 0.1) is 6.92 Å². The van der Waals surface area contributed by atoms with Gasteiger partial charge in [-0.05, 0) is 31.0 Å². The molecule has 0 aliphatic heterocycles. The number of allylic oxidation sites excluding steroid dienone is 1. The van der Waals surface area contributed by atoms with E-state index in [4.69, 9.17) is 9.47 Å². The monoisotopic (exact) mass is 259 g/mol. The molecule has 4 nitrogen and oxygen atoms in total. The van der Waals surface area contributed by atoms with Gasteiger partial charge in [0.2, 0.25) is 0 Å². The van der Waals surface area contributed by atoms with Gasteiger partial charge in [-0.1, -0.05) is 6.08 Å². The van der Waals surface area contributed by atoms with Crippen molar-refractivity contribution in [2.24, 2.45) is 0 Å². The number of aromatic nitrogens is 1. The van der Waals surface area contributed by atoms with Crippen molar-refractivity contribution in [2.45, 2.75) is 13.3 Å². The number of aromatic amines is 1. The second-order valence-corrected chi connectivity index (χ2v) is 4.27. The van der Waals surface area contributed by atoms with Gasteiger partial charge in [-0.25, -0.2) is 0 Å². The predicted molar refractivity (Wildman–Crippen MR) is 76.3 cm³/mol. The van der Waals surface area contributed by atoms with Crippen molar-refractivity contribution >= 4 is 10.9 Å². The second-order valence-electron chi connectivity index (χ2n) is 4.27. The molecule has 19 heavy (non-hydrogen) atoms. The smallest absolute Gasteiger partial charge is 0.252 e. The predicted octanol–water partition coefficient (Wildman–Crippen LogP) is 2.58. The fraction of sp³-hybridized carbons (Fsp3) is 0.267. The molecule has 4 heteroatoms. The van der Waals surface area contributed by atoms with Gasteiger partial charge in [0.25, 0.3) is 5.56 Å². The first kappa shape index (κ1) is 13.2. The summed E-state index contributed by atoms with van der Waals surface area (Å²) in [6.07, 6.45) is 2.24. The molecular weight excluding hydrogens is 242 g/mol. The zero-order chi connectivity index (χ0) is 14.0. The first-order chi connectivity index (χ1) is 9.13. The molecule has 1 N–H and O–H groups in total. The SMILES string of the molecule is C=CCc1c(C)c2c(OC)ccc(OC)c2[nH]c1=O. The average molecular weight is 259 g/mol. The summed E-state index contributed by atoms with van der Waals surface area (Å²) in [6.45, 7) is 5.60. The highest BCUT2D eigenvalue weighted by atomic mass is 16.5. The van der Waals surface area contributed by atoms with Crippen LogP contribution in [0.1, 0.15) is 11.1 Å². The number of H-pyrrole nitrogens is 1. The van der Waals surface area contributed by atoms with Gasteiger partial charge in [0.1, 0.15) is 11.5 Å². The van der Waals surface area contributed by atoms with E-state index in [1.165, 1.54) is 0 Å². The Balaban J connectivity index is 2.93. The van der Waals surface area contributed by atoms with Crippen LogP contribution >= 0.6 is 0 Å². The summed E-state index contributed by atoms with van der Waals surface area (Å²) < 4.78 is 10.7. The highest BCUT2D eigenvalue weighted by molar-refractivity contribution is 5.93. The molecule has 0 bridgehead atoms. The van der Waals surface area contributed by atoms with Crippen molar-refractivity contribution in [1.82, 2.24) is 4.98 Å². The molecule has 2 aromatic rings. The Labute approximate surface area is 111 Å². The average Bonchev–Trinajstić information content (AvgIpc) is 2.42. The Morgan fingerprint density at radius 1 is 1.26 bits per heavy atom. The molecule has 1 aromatic heterocycles. The van der Waals surface area contributed by atoms with Gasteiger partial charge in [-0.3, -0.25) is 4.79 Å². The van der Waals surface area contributed by atoms with E-state index in [1.54, 1.807) is 26.4 Å². The van der Waals surface area contributed by atoms with Crippen molar-refractivity contribution in [3.05, 3.63) is 46.3 Å². The summed E-state index contributed by atoms with van der Waals surface area (Å²) in [4.78, 5) is 15.0. The first-order valence-corrected chi connectivity index (χ1v) is 6.01. The summed E-state index contributed by atoms with van der Waals surface area (Å²) in [7, 11) is 3.19. The summed E-state index contributed by atoms with van der Waals surface area (Å²) in [5.74, 6) is 1.34. The van der Waals surface area contributed by atoms with Gasteiger partial charge in [0.15, 0.2) is 0 Å². The van der Waals surface area contributed by atoms with E-state index < -0.39 is 0 Å². The molecule has 100 valence electrons. The van der Waals surface area contributed by atoms with Gasteiger partial charge in [0.05, 0.1) is 19.7 Å². The minimum absolute atomic E-state index is 0.114. The van der Waals surface area contributed by atoms with Crippen molar-refractivity contribution < 1.29 is 9.47 Å². The molecular formula is C15H17NO3. The number of benzene rings is 1. The number of aryl methyl sites for hydroxylation is 1. The molecule has 0 fully saturated rings. The summed E-state index contributed by atoms with van der Waals surface area (Å²) in [6, 6.07) is 3.62. The molecule has 0 saturated heterocycles. The Kier molecular flexibility index (Phi) is 3.60. The largest absolute Gasteiger partial charge is 0.496 e. The van der Waals surface area contributed by atoms with E-state index in [1.807, 2.05) is 13.0 Å². The summed E-state index contributed by atoms with van der Waals surface area (Å²) in [5, 5.41) is 0.873. The Morgan fingerprint density at radius 2 is 1.89 bits per heavy atom.